The van der Waals surface area contributed by atoms with Crippen molar-refractivity contribution in [2.45, 2.75) is 13.8 Å². The quantitative estimate of drug-likeness (QED) is 0.668. The molecule has 0 saturated heterocycles. The van der Waals surface area contributed by atoms with E-state index in [2.05, 4.69) is 4.36 Å². The minimum Gasteiger partial charge on any atom is -0.163 e. The van der Waals surface area contributed by atoms with Crippen molar-refractivity contribution in [3.05, 3.63) is 29.3 Å². The molecule has 1 aromatic rings. The summed E-state index contributed by atoms with van der Waals surface area (Å²) in [5.74, 6) is 0. The van der Waals surface area contributed by atoms with Crippen LogP contribution in [0.15, 0.2) is 22.6 Å². The van der Waals surface area contributed by atoms with Crippen molar-refractivity contribution < 1.29 is 8.42 Å². The average molecular weight is 183 g/mol. The van der Waals surface area contributed by atoms with Gasteiger partial charge in [0.05, 0.1) is 5.69 Å². The summed E-state index contributed by atoms with van der Waals surface area (Å²) in [4.78, 5) is 0. The SMILES string of the molecule is Cc1cccc(N=S(=O)=O)c1C. The van der Waals surface area contributed by atoms with Crippen LogP contribution in [0.25, 0.3) is 0 Å². The van der Waals surface area contributed by atoms with Gasteiger partial charge < -0.3 is 0 Å². The van der Waals surface area contributed by atoms with E-state index in [0.717, 1.165) is 11.1 Å². The summed E-state index contributed by atoms with van der Waals surface area (Å²) >= 11 is 0. The van der Waals surface area contributed by atoms with Crippen molar-refractivity contribution in [2.75, 3.05) is 0 Å². The van der Waals surface area contributed by atoms with Crippen molar-refractivity contribution in [3.63, 3.8) is 0 Å². The van der Waals surface area contributed by atoms with Gasteiger partial charge in [-0.2, -0.15) is 8.42 Å². The topological polar surface area (TPSA) is 46.5 Å². The van der Waals surface area contributed by atoms with Crippen LogP contribution in [0.3, 0.4) is 0 Å². The molecule has 0 bridgehead atoms. The van der Waals surface area contributed by atoms with Gasteiger partial charge in [0.25, 0.3) is 0 Å². The van der Waals surface area contributed by atoms with Crippen LogP contribution in [0, 0.1) is 13.8 Å². The van der Waals surface area contributed by atoms with Crippen molar-refractivity contribution in [3.8, 4) is 0 Å². The minimum atomic E-state index is -2.36. The molecule has 0 N–H and O–H groups in total. The fourth-order valence-electron chi connectivity index (χ4n) is 0.915. The molecule has 0 heterocycles. The Bertz CT molecular complexity index is 413. The van der Waals surface area contributed by atoms with E-state index in [1.165, 1.54) is 0 Å². The maximum Gasteiger partial charge on any atom is 0.316 e. The van der Waals surface area contributed by atoms with Gasteiger partial charge in [0, 0.05) is 0 Å². The summed E-state index contributed by atoms with van der Waals surface area (Å²) < 4.78 is 24.0. The standard InChI is InChI=1S/C8H9NO2S/c1-6-4-3-5-8(7(6)2)9-12(10)11/h3-5H,1-2H3. The summed E-state index contributed by atoms with van der Waals surface area (Å²) in [5.41, 5.74) is 2.46. The molecule has 0 fully saturated rings. The van der Waals surface area contributed by atoms with Crippen LogP contribution in [-0.4, -0.2) is 8.42 Å². The normalized spacial score (nSPS) is 9.50. The summed E-state index contributed by atoms with van der Waals surface area (Å²) in [5, 5.41) is 0. The van der Waals surface area contributed by atoms with Gasteiger partial charge in [0.2, 0.25) is 0 Å². The first kappa shape index (κ1) is 8.93. The van der Waals surface area contributed by atoms with Crippen LogP contribution in [0.4, 0.5) is 5.69 Å². The van der Waals surface area contributed by atoms with E-state index in [1.807, 2.05) is 19.9 Å². The van der Waals surface area contributed by atoms with Gasteiger partial charge >= 0.3 is 10.5 Å². The fraction of sp³-hybridized carbons (Fsp3) is 0.250. The Labute approximate surface area is 72.8 Å². The molecule has 1 rings (SSSR count). The van der Waals surface area contributed by atoms with Gasteiger partial charge in [-0.3, -0.25) is 0 Å². The van der Waals surface area contributed by atoms with Crippen molar-refractivity contribution in [2.24, 2.45) is 4.36 Å². The third-order valence-corrected chi connectivity index (χ3v) is 2.09. The van der Waals surface area contributed by atoms with E-state index in [1.54, 1.807) is 12.1 Å². The predicted molar refractivity (Wildman–Crippen MR) is 46.9 cm³/mol. The van der Waals surface area contributed by atoms with Gasteiger partial charge in [-0.05, 0) is 31.0 Å². The smallest absolute Gasteiger partial charge is 0.163 e. The minimum absolute atomic E-state index is 0.517. The Kier molecular flexibility index (Phi) is 2.60. The highest BCUT2D eigenvalue weighted by atomic mass is 32.2. The highest BCUT2D eigenvalue weighted by Gasteiger charge is 1.97. The summed E-state index contributed by atoms with van der Waals surface area (Å²) in [7, 11) is -2.36. The second-order valence-electron chi connectivity index (χ2n) is 2.53. The lowest BCUT2D eigenvalue weighted by molar-refractivity contribution is 0.622. The zero-order chi connectivity index (χ0) is 9.14. The van der Waals surface area contributed by atoms with Crippen LogP contribution in [-0.2, 0) is 10.5 Å². The molecule has 0 unspecified atom stereocenters. The molecule has 0 radical (unpaired) electrons. The first-order valence-electron chi connectivity index (χ1n) is 3.48. The molecule has 64 valence electrons. The van der Waals surface area contributed by atoms with Gasteiger partial charge in [0.1, 0.15) is 0 Å². The summed E-state index contributed by atoms with van der Waals surface area (Å²) in [6.07, 6.45) is 0. The van der Waals surface area contributed by atoms with Crippen molar-refractivity contribution in [1.82, 2.24) is 0 Å². The number of hydrogen-bond donors (Lipinski definition) is 0. The molecule has 0 aromatic heterocycles. The van der Waals surface area contributed by atoms with Crippen LogP contribution in [0.1, 0.15) is 11.1 Å². The lowest BCUT2D eigenvalue weighted by Gasteiger charge is -1.99. The Morgan fingerprint density at radius 2 is 1.92 bits per heavy atom. The van der Waals surface area contributed by atoms with Gasteiger partial charge in [-0.25, -0.2) is 0 Å². The van der Waals surface area contributed by atoms with Crippen molar-refractivity contribution in [1.29, 1.82) is 0 Å². The lowest BCUT2D eigenvalue weighted by Crippen LogP contribution is -1.79. The molecular formula is C8H9NO2S. The molecule has 3 nitrogen and oxygen atoms in total. The number of hydrogen-bond acceptors (Lipinski definition) is 3. The molecule has 12 heavy (non-hydrogen) atoms. The largest absolute Gasteiger partial charge is 0.316 e. The van der Waals surface area contributed by atoms with Crippen LogP contribution < -0.4 is 0 Å². The third-order valence-electron chi connectivity index (χ3n) is 1.75. The van der Waals surface area contributed by atoms with Gasteiger partial charge in [-0.15, -0.1) is 4.36 Å². The third kappa shape index (κ3) is 1.92. The molecule has 0 aliphatic rings. The number of rotatable bonds is 1. The number of nitrogens with zero attached hydrogens (tertiary/aromatic N) is 1. The second kappa shape index (κ2) is 3.49. The number of aryl methyl sites for hydroxylation is 1. The van der Waals surface area contributed by atoms with E-state index in [0.29, 0.717) is 5.69 Å². The fourth-order valence-corrected chi connectivity index (χ4v) is 1.27. The van der Waals surface area contributed by atoms with E-state index >= 15 is 0 Å². The molecular weight excluding hydrogens is 174 g/mol. The van der Waals surface area contributed by atoms with Crippen molar-refractivity contribution >= 4 is 16.2 Å². The Morgan fingerprint density at radius 3 is 2.50 bits per heavy atom. The molecule has 0 aliphatic heterocycles. The zero-order valence-electron chi connectivity index (χ0n) is 6.90. The monoisotopic (exact) mass is 183 g/mol. The molecule has 4 heteroatoms. The number of benzene rings is 1. The van der Waals surface area contributed by atoms with E-state index in [4.69, 9.17) is 0 Å². The second-order valence-corrected chi connectivity index (χ2v) is 3.14. The van der Waals surface area contributed by atoms with Gasteiger partial charge in [0.15, 0.2) is 0 Å². The average Bonchev–Trinajstić information content (AvgIpc) is 1.98. The summed E-state index contributed by atoms with van der Waals surface area (Å²) in [6.45, 7) is 3.77. The highest BCUT2D eigenvalue weighted by Crippen LogP contribution is 2.20. The highest BCUT2D eigenvalue weighted by molar-refractivity contribution is 7.61. The molecule has 1 aromatic carbocycles. The molecule has 0 spiro atoms. The molecule has 0 aliphatic carbocycles. The maximum absolute atomic E-state index is 10.3. The zero-order valence-corrected chi connectivity index (χ0v) is 7.72. The first-order chi connectivity index (χ1) is 5.61. The van der Waals surface area contributed by atoms with Gasteiger partial charge in [-0.1, -0.05) is 12.1 Å². The molecule has 0 saturated carbocycles. The maximum atomic E-state index is 10.3. The summed E-state index contributed by atoms with van der Waals surface area (Å²) in [6, 6.07) is 5.38. The van der Waals surface area contributed by atoms with Crippen LogP contribution in [0.5, 0.6) is 0 Å². The Balaban J connectivity index is 3.36. The Hall–Kier alpha value is -1.16. The van der Waals surface area contributed by atoms with E-state index in [9.17, 15) is 8.42 Å². The van der Waals surface area contributed by atoms with Crippen LogP contribution in [0.2, 0.25) is 0 Å². The van der Waals surface area contributed by atoms with E-state index < -0.39 is 10.5 Å². The molecule has 0 amide bonds. The Morgan fingerprint density at radius 1 is 1.25 bits per heavy atom. The lowest BCUT2D eigenvalue weighted by atomic mass is 10.1. The molecule has 0 atom stereocenters. The van der Waals surface area contributed by atoms with Crippen LogP contribution >= 0.6 is 0 Å². The first-order valence-corrected chi connectivity index (χ1v) is 4.52. The predicted octanol–water partition coefficient (Wildman–Crippen LogP) is 2.00. The van der Waals surface area contributed by atoms with E-state index in [-0.39, 0.29) is 0 Å².